The van der Waals surface area contributed by atoms with Crippen LogP contribution in [0.25, 0.3) is 0 Å². The average molecular weight is 586 g/mol. The molecule has 2 heterocycles. The fourth-order valence-corrected chi connectivity index (χ4v) is 4.95. The van der Waals surface area contributed by atoms with E-state index in [1.807, 2.05) is 17.8 Å². The number of rotatable bonds is 6. The van der Waals surface area contributed by atoms with Gasteiger partial charge in [0, 0.05) is 59.7 Å². The number of carbonyl (C=O) groups is 2. The Balaban J connectivity index is 0.000000326. The van der Waals surface area contributed by atoms with Crippen LogP contribution in [0.15, 0.2) is 64.4 Å². The van der Waals surface area contributed by atoms with E-state index in [0.29, 0.717) is 18.4 Å². The van der Waals surface area contributed by atoms with Crippen LogP contribution >= 0.6 is 23.4 Å². The lowest BCUT2D eigenvalue weighted by atomic mass is 10.2. The highest BCUT2D eigenvalue weighted by atomic mass is 35.5. The molecule has 0 radical (unpaired) electrons. The number of hydrogen-bond acceptors (Lipinski definition) is 8. The van der Waals surface area contributed by atoms with Crippen molar-refractivity contribution in [3.8, 4) is 0 Å². The number of carboxylic acids is 2. The molecule has 10 nitrogen and oxygen atoms in total. The number of para-hydroxylation sites is 1. The zero-order valence-electron chi connectivity index (χ0n) is 21.2. The van der Waals surface area contributed by atoms with Crippen molar-refractivity contribution in [1.29, 1.82) is 0 Å². The van der Waals surface area contributed by atoms with E-state index in [4.69, 9.17) is 26.4 Å². The molecular formula is C25H32ClN3O7S2. The molecule has 0 amide bonds. The van der Waals surface area contributed by atoms with Crippen molar-refractivity contribution < 1.29 is 32.8 Å². The molecule has 0 unspecified atom stereocenters. The molecule has 0 aliphatic carbocycles. The lowest BCUT2D eigenvalue weighted by Crippen LogP contribution is -2.45. The first kappa shape index (κ1) is 31.6. The van der Waals surface area contributed by atoms with Gasteiger partial charge >= 0.3 is 11.9 Å². The van der Waals surface area contributed by atoms with E-state index in [9.17, 15) is 18.0 Å². The van der Waals surface area contributed by atoms with Crippen molar-refractivity contribution in [2.24, 2.45) is 0 Å². The summed E-state index contributed by atoms with van der Waals surface area (Å²) >= 11 is 8.13. The molecule has 4 rings (SSSR count). The quantitative estimate of drug-likeness (QED) is 0.337. The summed E-state index contributed by atoms with van der Waals surface area (Å²) in [6.45, 7) is 6.92. The lowest BCUT2D eigenvalue weighted by Gasteiger charge is -2.35. The highest BCUT2D eigenvalue weighted by Crippen LogP contribution is 2.48. The second-order valence-electron chi connectivity index (χ2n) is 8.57. The number of nitrogens with zero attached hydrogens (tertiary/aromatic N) is 3. The van der Waals surface area contributed by atoms with Gasteiger partial charge in [0.1, 0.15) is 0 Å². The van der Waals surface area contributed by atoms with Gasteiger partial charge < -0.3 is 24.9 Å². The largest absolute Gasteiger partial charge is 0.478 e. The first-order chi connectivity index (χ1) is 17.8. The van der Waals surface area contributed by atoms with Gasteiger partial charge in [0.2, 0.25) is 0 Å². The smallest absolute Gasteiger partial charge is 0.328 e. The van der Waals surface area contributed by atoms with Crippen LogP contribution in [0.4, 0.5) is 11.4 Å². The number of halogens is 1. The number of carboxylic acid groups (broad SMARTS) is 2. The topological polar surface area (TPSA) is 139 Å². The molecule has 0 bridgehead atoms. The number of piperazine rings is 1. The predicted octanol–water partition coefficient (Wildman–Crippen LogP) is 3.80. The molecule has 2 aliphatic heterocycles. The van der Waals surface area contributed by atoms with Crippen LogP contribution < -0.4 is 4.90 Å². The van der Waals surface area contributed by atoms with Crippen molar-refractivity contribution in [3.63, 3.8) is 0 Å². The van der Waals surface area contributed by atoms with Gasteiger partial charge in [-0.1, -0.05) is 35.5 Å². The summed E-state index contributed by atoms with van der Waals surface area (Å²) in [6.07, 6.45) is 2.99. The maximum atomic E-state index is 9.55. The Bertz CT molecular complexity index is 1210. The van der Waals surface area contributed by atoms with Crippen LogP contribution in [-0.2, 0) is 19.7 Å². The first-order valence-corrected chi connectivity index (χ1v) is 14.7. The monoisotopic (exact) mass is 585 g/mol. The molecular weight excluding hydrogens is 554 g/mol. The number of likely N-dealkylation sites (N-methyl/N-ethyl adjacent to an activating group) is 1. The Hall–Kier alpha value is -2.61. The fraction of sp³-hybridized carbons (Fsp3) is 0.360. The summed E-state index contributed by atoms with van der Waals surface area (Å²) in [5.74, 6) is -2.51. The molecule has 208 valence electrons. The van der Waals surface area contributed by atoms with E-state index < -0.39 is 22.1 Å². The third-order valence-corrected chi connectivity index (χ3v) is 6.77. The van der Waals surface area contributed by atoms with E-state index in [-0.39, 0.29) is 0 Å². The van der Waals surface area contributed by atoms with Crippen molar-refractivity contribution in [2.45, 2.75) is 16.2 Å². The SMILES string of the molecule is CN1CCN(CCCN2c3ccccc3Sc3ccc(Cl)cc32)CC1.CS(=O)(=O)O.O=C(O)/C=C\C(=O)O. The van der Waals surface area contributed by atoms with Crippen LogP contribution in [-0.4, -0.2) is 97.5 Å². The Morgan fingerprint density at radius 2 is 1.50 bits per heavy atom. The second kappa shape index (κ2) is 15.1. The molecule has 0 aromatic heterocycles. The third-order valence-electron chi connectivity index (χ3n) is 5.41. The molecule has 2 aromatic carbocycles. The van der Waals surface area contributed by atoms with Crippen LogP contribution in [0, 0.1) is 0 Å². The van der Waals surface area contributed by atoms with Gasteiger partial charge in [-0.2, -0.15) is 8.42 Å². The van der Waals surface area contributed by atoms with E-state index in [0.717, 1.165) is 24.5 Å². The lowest BCUT2D eigenvalue weighted by molar-refractivity contribution is -0.134. The predicted molar refractivity (Wildman–Crippen MR) is 149 cm³/mol. The minimum Gasteiger partial charge on any atom is -0.478 e. The van der Waals surface area contributed by atoms with Crippen molar-refractivity contribution in [3.05, 3.63) is 59.6 Å². The molecule has 1 fully saturated rings. The van der Waals surface area contributed by atoms with Crippen LogP contribution in [0.3, 0.4) is 0 Å². The van der Waals surface area contributed by atoms with Crippen molar-refractivity contribution >= 4 is 56.8 Å². The van der Waals surface area contributed by atoms with Gasteiger partial charge in [0.05, 0.1) is 17.6 Å². The van der Waals surface area contributed by atoms with Crippen molar-refractivity contribution in [1.82, 2.24) is 9.80 Å². The molecule has 2 aliphatic rings. The molecule has 38 heavy (non-hydrogen) atoms. The van der Waals surface area contributed by atoms with Gasteiger partial charge in [-0.25, -0.2) is 9.59 Å². The molecule has 2 aromatic rings. The number of anilines is 2. The van der Waals surface area contributed by atoms with Gasteiger partial charge in [-0.15, -0.1) is 0 Å². The summed E-state index contributed by atoms with van der Waals surface area (Å²) in [5, 5.41) is 16.4. The molecule has 1 saturated heterocycles. The normalized spacial score (nSPS) is 15.4. The molecule has 0 saturated carbocycles. The van der Waals surface area contributed by atoms with Crippen LogP contribution in [0.5, 0.6) is 0 Å². The minimum absolute atomic E-state index is 0.558. The second-order valence-corrected chi connectivity index (χ2v) is 11.6. The van der Waals surface area contributed by atoms with E-state index in [2.05, 4.69) is 58.1 Å². The van der Waals surface area contributed by atoms with Gasteiger partial charge in [-0.3, -0.25) is 4.55 Å². The van der Waals surface area contributed by atoms with E-state index >= 15 is 0 Å². The van der Waals surface area contributed by atoms with Gasteiger partial charge in [0.15, 0.2) is 0 Å². The zero-order chi connectivity index (χ0) is 28.3. The van der Waals surface area contributed by atoms with Gasteiger partial charge in [0.25, 0.3) is 10.1 Å². The Morgan fingerprint density at radius 3 is 2.08 bits per heavy atom. The molecule has 3 N–H and O–H groups in total. The number of aliphatic carboxylic acids is 2. The Labute approximate surface area is 232 Å². The number of hydrogen-bond donors (Lipinski definition) is 3. The fourth-order valence-electron chi connectivity index (χ4n) is 3.71. The summed E-state index contributed by atoms with van der Waals surface area (Å²) in [6, 6.07) is 14.9. The summed E-state index contributed by atoms with van der Waals surface area (Å²) < 4.78 is 25.9. The van der Waals surface area contributed by atoms with Crippen molar-refractivity contribution in [2.75, 3.05) is 57.5 Å². The van der Waals surface area contributed by atoms with Gasteiger partial charge in [-0.05, 0) is 50.3 Å². The number of fused-ring (bicyclic) bond motifs is 2. The van der Waals surface area contributed by atoms with Crippen LogP contribution in [0.2, 0.25) is 5.02 Å². The average Bonchev–Trinajstić information content (AvgIpc) is 2.83. The Kier molecular flexibility index (Phi) is 12.6. The minimum atomic E-state index is -3.67. The standard InChI is InChI=1S/C20H24ClN3S.C4H4O4.CH4O3S/c1-22-11-13-23(14-12-22)9-4-10-24-17-5-2-3-6-19(17)25-20-8-7-16(21)15-18(20)24;5-3(6)1-2-4(7)8;1-5(2,3)4/h2-3,5-8,15H,4,9-14H2,1H3;1-2H,(H,5,6)(H,7,8);1H3,(H,2,3,4)/b;2-1-;. The summed E-state index contributed by atoms with van der Waals surface area (Å²) in [4.78, 5) is 29.2. The molecule has 0 spiro atoms. The summed E-state index contributed by atoms with van der Waals surface area (Å²) in [7, 11) is -1.46. The first-order valence-electron chi connectivity index (χ1n) is 11.6. The molecule has 0 atom stereocenters. The van der Waals surface area contributed by atoms with E-state index in [1.54, 1.807) is 0 Å². The summed E-state index contributed by atoms with van der Waals surface area (Å²) in [5.41, 5.74) is 2.55. The zero-order valence-corrected chi connectivity index (χ0v) is 23.5. The maximum Gasteiger partial charge on any atom is 0.328 e. The maximum absolute atomic E-state index is 9.55. The van der Waals surface area contributed by atoms with E-state index in [1.165, 1.54) is 47.3 Å². The number of benzene rings is 2. The third kappa shape index (κ3) is 11.8. The highest BCUT2D eigenvalue weighted by molar-refractivity contribution is 7.99. The molecule has 13 heteroatoms. The van der Waals surface area contributed by atoms with Crippen LogP contribution in [0.1, 0.15) is 6.42 Å². The highest BCUT2D eigenvalue weighted by Gasteiger charge is 2.23. The Morgan fingerprint density at radius 1 is 0.947 bits per heavy atom.